The molecule has 0 spiro atoms. The number of amides is 1. The molecule has 1 saturated heterocycles. The van der Waals surface area contributed by atoms with Crippen molar-refractivity contribution >= 4 is 16.8 Å². The normalized spacial score (nSPS) is 19.4. The second-order valence-electron chi connectivity index (χ2n) is 8.02. The first-order chi connectivity index (χ1) is 14.2. The highest BCUT2D eigenvalue weighted by Crippen LogP contribution is 2.34. The van der Waals surface area contributed by atoms with E-state index in [1.807, 2.05) is 65.7 Å². The summed E-state index contributed by atoms with van der Waals surface area (Å²) in [7, 11) is 0. The van der Waals surface area contributed by atoms with E-state index in [0.717, 1.165) is 48.0 Å². The predicted molar refractivity (Wildman–Crippen MR) is 114 cm³/mol. The number of H-pyrrole nitrogens is 1. The van der Waals surface area contributed by atoms with Gasteiger partial charge in [0.15, 0.2) is 0 Å². The zero-order valence-corrected chi connectivity index (χ0v) is 16.6. The molecule has 1 aliphatic rings. The summed E-state index contributed by atoms with van der Waals surface area (Å²) >= 11 is 0. The van der Waals surface area contributed by atoms with Crippen LogP contribution in [-0.4, -0.2) is 47.2 Å². The summed E-state index contributed by atoms with van der Waals surface area (Å²) < 4.78 is 5.85. The lowest BCUT2D eigenvalue weighted by atomic mass is 9.78. The molecule has 3 aromatic rings. The van der Waals surface area contributed by atoms with Crippen molar-refractivity contribution in [1.29, 1.82) is 0 Å². The molecule has 1 amide bonds. The van der Waals surface area contributed by atoms with E-state index in [0.29, 0.717) is 19.6 Å². The van der Waals surface area contributed by atoms with E-state index in [1.54, 1.807) is 0 Å². The number of aliphatic hydroxyl groups excluding tert-OH is 1. The van der Waals surface area contributed by atoms with Crippen LogP contribution in [-0.2, 0) is 11.2 Å². The van der Waals surface area contributed by atoms with Gasteiger partial charge in [-0.3, -0.25) is 4.79 Å². The summed E-state index contributed by atoms with van der Waals surface area (Å²) in [6, 6.07) is 17.8. The molecule has 2 aromatic carbocycles. The van der Waals surface area contributed by atoms with Crippen molar-refractivity contribution < 1.29 is 14.6 Å². The Hall–Kier alpha value is -2.79. The molecule has 152 valence electrons. The Bertz CT molecular complexity index is 953. The van der Waals surface area contributed by atoms with E-state index in [-0.39, 0.29) is 17.9 Å². The number of fused-ring (bicyclic) bond motifs is 1. The third kappa shape index (κ3) is 4.46. The molecule has 5 nitrogen and oxygen atoms in total. The van der Waals surface area contributed by atoms with Crippen LogP contribution in [0.5, 0.6) is 5.75 Å². The third-order valence-electron chi connectivity index (χ3n) is 6.01. The van der Waals surface area contributed by atoms with E-state index in [9.17, 15) is 9.90 Å². The summed E-state index contributed by atoms with van der Waals surface area (Å²) in [6.07, 6.45) is 4.87. The quantitative estimate of drug-likeness (QED) is 0.643. The number of ether oxygens (including phenoxy) is 1. The minimum Gasteiger partial charge on any atom is -0.494 e. The van der Waals surface area contributed by atoms with E-state index in [2.05, 4.69) is 4.98 Å². The molecule has 1 atom stereocenters. The van der Waals surface area contributed by atoms with Crippen molar-refractivity contribution in [1.82, 2.24) is 9.88 Å². The number of aromatic amines is 1. The molecule has 0 bridgehead atoms. The van der Waals surface area contributed by atoms with Gasteiger partial charge in [0.2, 0.25) is 5.91 Å². The van der Waals surface area contributed by atoms with Crippen molar-refractivity contribution in [3.8, 4) is 5.75 Å². The fraction of sp³-hybridized carbons (Fsp3) is 0.375. The number of hydrogen-bond donors (Lipinski definition) is 2. The van der Waals surface area contributed by atoms with E-state index in [1.165, 1.54) is 0 Å². The maximum atomic E-state index is 13.0. The first-order valence-corrected chi connectivity index (χ1v) is 10.3. The van der Waals surface area contributed by atoms with Crippen LogP contribution in [0.4, 0.5) is 0 Å². The van der Waals surface area contributed by atoms with Gasteiger partial charge in [0.05, 0.1) is 19.6 Å². The second kappa shape index (κ2) is 8.70. The van der Waals surface area contributed by atoms with E-state index >= 15 is 0 Å². The van der Waals surface area contributed by atoms with Gasteiger partial charge in [-0.2, -0.15) is 0 Å². The van der Waals surface area contributed by atoms with Crippen LogP contribution < -0.4 is 4.74 Å². The number of nitrogens with zero attached hydrogens (tertiary/aromatic N) is 1. The Morgan fingerprint density at radius 3 is 2.76 bits per heavy atom. The van der Waals surface area contributed by atoms with Crippen LogP contribution in [0.2, 0.25) is 0 Å². The molecule has 0 aliphatic carbocycles. The van der Waals surface area contributed by atoms with Crippen LogP contribution in [0, 0.1) is 5.41 Å². The number of aromatic nitrogens is 1. The second-order valence-corrected chi connectivity index (χ2v) is 8.02. The molecule has 2 N–H and O–H groups in total. The minimum absolute atomic E-state index is 0.0714. The Balaban J connectivity index is 1.38. The third-order valence-corrected chi connectivity index (χ3v) is 6.01. The van der Waals surface area contributed by atoms with Crippen LogP contribution in [0.3, 0.4) is 0 Å². The highest BCUT2D eigenvalue weighted by atomic mass is 16.5. The molecule has 1 unspecified atom stereocenters. The summed E-state index contributed by atoms with van der Waals surface area (Å²) in [4.78, 5) is 18.2. The summed E-state index contributed by atoms with van der Waals surface area (Å²) in [5.74, 6) is 0.958. The smallest absolute Gasteiger partial charge is 0.227 e. The summed E-state index contributed by atoms with van der Waals surface area (Å²) in [5, 5.41) is 11.2. The molecule has 1 aromatic heterocycles. The Morgan fingerprint density at radius 2 is 1.93 bits per heavy atom. The number of aliphatic hydroxyl groups is 1. The van der Waals surface area contributed by atoms with Crippen molar-refractivity contribution in [2.24, 2.45) is 5.41 Å². The number of hydrogen-bond acceptors (Lipinski definition) is 3. The number of likely N-dealkylation sites (tertiary alicyclic amines) is 1. The summed E-state index contributed by atoms with van der Waals surface area (Å²) in [6.45, 7) is 1.95. The van der Waals surface area contributed by atoms with Crippen molar-refractivity contribution in [2.75, 3.05) is 26.3 Å². The first kappa shape index (κ1) is 19.5. The molecular weight excluding hydrogens is 364 g/mol. The van der Waals surface area contributed by atoms with Gasteiger partial charge in [0.25, 0.3) is 0 Å². The van der Waals surface area contributed by atoms with Crippen LogP contribution in [0.1, 0.15) is 24.8 Å². The minimum atomic E-state index is -0.289. The molecule has 2 heterocycles. The van der Waals surface area contributed by atoms with Crippen molar-refractivity contribution in [3.63, 3.8) is 0 Å². The molecule has 1 aliphatic heterocycles. The lowest BCUT2D eigenvalue weighted by Crippen LogP contribution is -2.49. The summed E-state index contributed by atoms with van der Waals surface area (Å²) in [5.41, 5.74) is 1.79. The molecular formula is C24H28N2O3. The average molecular weight is 392 g/mol. The van der Waals surface area contributed by atoms with Gasteiger partial charge < -0.3 is 19.7 Å². The largest absolute Gasteiger partial charge is 0.494 e. The van der Waals surface area contributed by atoms with Gasteiger partial charge in [-0.1, -0.05) is 36.4 Å². The Morgan fingerprint density at radius 1 is 1.14 bits per heavy atom. The number of carbonyl (C=O) groups is 1. The van der Waals surface area contributed by atoms with E-state index in [4.69, 9.17) is 4.74 Å². The van der Waals surface area contributed by atoms with Gasteiger partial charge in [0, 0.05) is 35.6 Å². The number of rotatable bonds is 7. The lowest BCUT2D eigenvalue weighted by molar-refractivity contribution is -0.135. The van der Waals surface area contributed by atoms with Crippen LogP contribution >= 0.6 is 0 Å². The Labute approximate surface area is 171 Å². The average Bonchev–Trinajstić information content (AvgIpc) is 3.17. The van der Waals surface area contributed by atoms with Crippen molar-refractivity contribution in [2.45, 2.75) is 25.7 Å². The standard InChI is InChI=1S/C24H28N2O3/c27-18-24(12-14-29-20-7-2-1-3-8-20)11-6-13-26(17-24)23(28)15-19-16-25-22-10-5-4-9-21(19)22/h1-5,7-10,16,25,27H,6,11-15,17-18H2. The van der Waals surface area contributed by atoms with Crippen LogP contribution in [0.15, 0.2) is 60.8 Å². The fourth-order valence-corrected chi connectivity index (χ4v) is 4.29. The topological polar surface area (TPSA) is 65.6 Å². The van der Waals surface area contributed by atoms with Gasteiger partial charge >= 0.3 is 0 Å². The highest BCUT2D eigenvalue weighted by Gasteiger charge is 2.36. The lowest BCUT2D eigenvalue weighted by Gasteiger charge is -2.42. The fourth-order valence-electron chi connectivity index (χ4n) is 4.29. The highest BCUT2D eigenvalue weighted by molar-refractivity contribution is 5.88. The van der Waals surface area contributed by atoms with Gasteiger partial charge in [-0.05, 0) is 43.0 Å². The number of nitrogens with one attached hydrogen (secondary N) is 1. The number of benzene rings is 2. The maximum absolute atomic E-state index is 13.0. The molecule has 0 saturated carbocycles. The van der Waals surface area contributed by atoms with Crippen molar-refractivity contribution in [3.05, 3.63) is 66.4 Å². The SMILES string of the molecule is O=C(Cc1c[nH]c2ccccc12)N1CCCC(CO)(CCOc2ccccc2)C1. The van der Waals surface area contributed by atoms with Crippen LogP contribution in [0.25, 0.3) is 10.9 Å². The molecule has 0 radical (unpaired) electrons. The zero-order valence-electron chi connectivity index (χ0n) is 16.6. The number of para-hydroxylation sites is 2. The molecule has 29 heavy (non-hydrogen) atoms. The molecule has 1 fully saturated rings. The predicted octanol–water partition coefficient (Wildman–Crippen LogP) is 3.78. The van der Waals surface area contributed by atoms with E-state index < -0.39 is 0 Å². The first-order valence-electron chi connectivity index (χ1n) is 10.3. The van der Waals surface area contributed by atoms with Gasteiger partial charge in [0.1, 0.15) is 5.75 Å². The van der Waals surface area contributed by atoms with Gasteiger partial charge in [-0.25, -0.2) is 0 Å². The number of piperidine rings is 1. The Kier molecular flexibility index (Phi) is 5.86. The maximum Gasteiger partial charge on any atom is 0.227 e. The monoisotopic (exact) mass is 392 g/mol. The number of carbonyl (C=O) groups excluding carboxylic acids is 1. The van der Waals surface area contributed by atoms with Gasteiger partial charge in [-0.15, -0.1) is 0 Å². The zero-order chi connectivity index (χ0) is 20.1. The molecule has 5 heteroatoms. The molecule has 4 rings (SSSR count).